The molecule has 0 saturated carbocycles. The molecule has 0 aliphatic carbocycles. The van der Waals surface area contributed by atoms with Crippen LogP contribution in [0.3, 0.4) is 0 Å². The van der Waals surface area contributed by atoms with Gasteiger partial charge in [-0.25, -0.2) is 0 Å². The van der Waals surface area contributed by atoms with Crippen LogP contribution in [-0.2, 0) is 37.9 Å². The maximum Gasteiger partial charge on any atom is 0.259 e. The monoisotopic (exact) mass is 668 g/mol. The summed E-state index contributed by atoms with van der Waals surface area (Å²) in [5.41, 5.74) is 8.35. The summed E-state index contributed by atoms with van der Waals surface area (Å²) in [7, 11) is 3.57. The molecule has 3 amide bonds. The van der Waals surface area contributed by atoms with Crippen LogP contribution >= 0.6 is 0 Å². The molecule has 2 aliphatic rings. The van der Waals surface area contributed by atoms with Gasteiger partial charge in [-0.1, -0.05) is 54.6 Å². The highest BCUT2D eigenvalue weighted by molar-refractivity contribution is 6.08. The van der Waals surface area contributed by atoms with Crippen LogP contribution in [0.25, 0.3) is 11.3 Å². The smallest absolute Gasteiger partial charge is 0.259 e. The molecule has 50 heavy (non-hydrogen) atoms. The molecule has 1 aromatic heterocycles. The van der Waals surface area contributed by atoms with Gasteiger partial charge in [0.05, 0.1) is 5.56 Å². The molecule has 0 unspecified atom stereocenters. The van der Waals surface area contributed by atoms with E-state index in [2.05, 4.69) is 19.1 Å². The van der Waals surface area contributed by atoms with E-state index < -0.39 is 12.0 Å². The first-order valence-corrected chi connectivity index (χ1v) is 16.8. The number of aromatic nitrogens is 1. The fourth-order valence-electron chi connectivity index (χ4n) is 7.20. The molecule has 3 heterocycles. The van der Waals surface area contributed by atoms with E-state index in [1.54, 1.807) is 48.3 Å². The molecule has 2 N–H and O–H groups in total. The topological polar surface area (TPSA) is 106 Å². The normalized spacial score (nSPS) is 15.7. The molecule has 0 fully saturated rings. The molecule has 0 spiro atoms. The van der Waals surface area contributed by atoms with Crippen molar-refractivity contribution in [1.29, 1.82) is 0 Å². The van der Waals surface area contributed by atoms with Crippen LogP contribution in [-0.4, -0.2) is 55.4 Å². The minimum atomic E-state index is -1.30. The lowest BCUT2D eigenvalue weighted by Gasteiger charge is -2.35. The third-order valence-electron chi connectivity index (χ3n) is 10.3. The summed E-state index contributed by atoms with van der Waals surface area (Å²) in [6.07, 6.45) is -0.553. The summed E-state index contributed by atoms with van der Waals surface area (Å²) in [5.74, 6) is -0.630. The summed E-state index contributed by atoms with van der Waals surface area (Å²) in [4.78, 5) is 47.1. The van der Waals surface area contributed by atoms with E-state index in [-0.39, 0.29) is 36.7 Å². The van der Waals surface area contributed by atoms with E-state index in [4.69, 9.17) is 0 Å². The van der Waals surface area contributed by atoms with Gasteiger partial charge < -0.3 is 29.5 Å². The van der Waals surface area contributed by atoms with Crippen molar-refractivity contribution in [3.05, 3.63) is 142 Å². The Morgan fingerprint density at radius 3 is 2.14 bits per heavy atom. The van der Waals surface area contributed by atoms with E-state index >= 15 is 0 Å². The number of aromatic hydroxyl groups is 1. The van der Waals surface area contributed by atoms with E-state index in [9.17, 15) is 24.6 Å². The van der Waals surface area contributed by atoms with Crippen LogP contribution in [0.5, 0.6) is 5.75 Å². The van der Waals surface area contributed by atoms with Gasteiger partial charge in [0.2, 0.25) is 0 Å². The SMILES string of the molecule is Cc1c(C(=O)N(C)c2ccc(O)cc2)cc(-c2cc3c(cc2C(=O)N2Cc4ccccc4C[C@H]2C)CN(C(=O)[C@H](O)c2ccccc2)C3)n1C. The summed E-state index contributed by atoms with van der Waals surface area (Å²) in [5, 5.41) is 20.7. The van der Waals surface area contributed by atoms with Crippen molar-refractivity contribution >= 4 is 23.4 Å². The van der Waals surface area contributed by atoms with Gasteiger partial charge in [0.15, 0.2) is 6.10 Å². The van der Waals surface area contributed by atoms with E-state index in [0.717, 1.165) is 28.8 Å². The first-order chi connectivity index (χ1) is 24.0. The number of hydrogen-bond acceptors (Lipinski definition) is 5. The Morgan fingerprint density at radius 1 is 0.800 bits per heavy atom. The van der Waals surface area contributed by atoms with Gasteiger partial charge in [0.1, 0.15) is 5.75 Å². The van der Waals surface area contributed by atoms with Gasteiger partial charge in [-0.3, -0.25) is 14.4 Å². The molecule has 0 radical (unpaired) electrons. The maximum absolute atomic E-state index is 14.7. The second-order valence-electron chi connectivity index (χ2n) is 13.4. The van der Waals surface area contributed by atoms with E-state index in [0.29, 0.717) is 40.2 Å². The number of aliphatic hydroxyl groups is 1. The van der Waals surface area contributed by atoms with Crippen molar-refractivity contribution < 1.29 is 24.6 Å². The predicted octanol–water partition coefficient (Wildman–Crippen LogP) is 6.15. The van der Waals surface area contributed by atoms with Gasteiger partial charge in [0, 0.05) is 68.0 Å². The van der Waals surface area contributed by atoms with Gasteiger partial charge in [-0.2, -0.15) is 0 Å². The number of phenols is 1. The third kappa shape index (κ3) is 5.83. The Balaban J connectivity index is 1.28. The number of carbonyl (C=O) groups excluding carboxylic acids is 3. The van der Waals surface area contributed by atoms with Gasteiger partial charge in [-0.05, 0) is 90.6 Å². The highest BCUT2D eigenvalue weighted by Crippen LogP contribution is 2.37. The quantitative estimate of drug-likeness (QED) is 0.226. The summed E-state index contributed by atoms with van der Waals surface area (Å²) in [6, 6.07) is 29.2. The average molecular weight is 669 g/mol. The number of anilines is 1. The van der Waals surface area contributed by atoms with Gasteiger partial charge in [0.25, 0.3) is 17.7 Å². The molecule has 2 atom stereocenters. The number of rotatable bonds is 6. The number of benzene rings is 4. The van der Waals surface area contributed by atoms with Gasteiger partial charge in [-0.15, -0.1) is 0 Å². The first kappa shape index (κ1) is 32.9. The van der Waals surface area contributed by atoms with E-state index in [1.807, 2.05) is 59.8 Å². The van der Waals surface area contributed by atoms with Crippen molar-refractivity contribution in [3.8, 4) is 17.0 Å². The van der Waals surface area contributed by atoms with Crippen molar-refractivity contribution in [3.63, 3.8) is 0 Å². The zero-order valence-electron chi connectivity index (χ0n) is 28.6. The molecule has 9 nitrogen and oxygen atoms in total. The van der Waals surface area contributed by atoms with Crippen molar-refractivity contribution in [1.82, 2.24) is 14.4 Å². The molecule has 4 aromatic carbocycles. The molecular weight excluding hydrogens is 628 g/mol. The van der Waals surface area contributed by atoms with Crippen molar-refractivity contribution in [2.24, 2.45) is 7.05 Å². The molecule has 9 heteroatoms. The second kappa shape index (κ2) is 13.0. The third-order valence-corrected chi connectivity index (χ3v) is 10.3. The molecule has 2 aliphatic heterocycles. The van der Waals surface area contributed by atoms with Crippen LogP contribution in [0.4, 0.5) is 5.69 Å². The molecule has 254 valence electrons. The summed E-state index contributed by atoms with van der Waals surface area (Å²) < 4.78 is 1.93. The molecule has 7 rings (SSSR count). The highest BCUT2D eigenvalue weighted by Gasteiger charge is 2.34. The Labute approximate surface area is 291 Å². The zero-order valence-corrected chi connectivity index (χ0v) is 28.6. The average Bonchev–Trinajstić information content (AvgIpc) is 3.69. The standard InChI is InChI=1S/C41H40N4O5/c1-25-18-28-12-8-9-13-29(28)24-45(25)40(49)36-20-31-23-44(41(50)38(47)27-10-6-5-7-11-27)22-30(31)19-35(36)37-21-34(26(2)42(37)3)39(48)43(4)32-14-16-33(46)17-15-32/h5-17,19-21,25,38,46-47H,18,22-24H2,1-4H3/t25-,38-/m1/s1. The molecular formula is C41H40N4O5. The van der Waals surface area contributed by atoms with Crippen LogP contribution in [0.1, 0.15) is 67.3 Å². The maximum atomic E-state index is 14.7. The van der Waals surface area contributed by atoms with Gasteiger partial charge >= 0.3 is 0 Å². The number of phenolic OH excluding ortho intramolecular Hbond substituents is 1. The lowest BCUT2D eigenvalue weighted by Crippen LogP contribution is -2.42. The molecule has 0 saturated heterocycles. The second-order valence-corrected chi connectivity index (χ2v) is 13.4. The first-order valence-electron chi connectivity index (χ1n) is 16.8. The molecule has 0 bridgehead atoms. The highest BCUT2D eigenvalue weighted by atomic mass is 16.3. The number of hydrogen-bond donors (Lipinski definition) is 2. The number of amides is 3. The number of nitrogens with zero attached hydrogens (tertiary/aromatic N) is 4. The fraction of sp³-hybridized carbons (Fsp3) is 0.244. The van der Waals surface area contributed by atoms with Crippen molar-refractivity contribution in [2.45, 2.75) is 52.0 Å². The number of aliphatic hydroxyl groups excluding tert-OH is 1. The zero-order chi connectivity index (χ0) is 35.3. The summed E-state index contributed by atoms with van der Waals surface area (Å²) >= 11 is 0. The van der Waals surface area contributed by atoms with Crippen LogP contribution in [0.2, 0.25) is 0 Å². The van der Waals surface area contributed by atoms with Crippen LogP contribution in [0.15, 0.2) is 97.1 Å². The summed E-state index contributed by atoms with van der Waals surface area (Å²) in [6.45, 7) is 4.98. The Bertz CT molecular complexity index is 2120. The lowest BCUT2D eigenvalue weighted by atomic mass is 9.92. The minimum absolute atomic E-state index is 0.0381. The Hall–Kier alpha value is -5.67. The van der Waals surface area contributed by atoms with Crippen LogP contribution < -0.4 is 4.90 Å². The number of carbonyl (C=O) groups is 3. The van der Waals surface area contributed by atoms with E-state index in [1.165, 1.54) is 22.6 Å². The minimum Gasteiger partial charge on any atom is -0.508 e. The Kier molecular flexibility index (Phi) is 8.53. The fourth-order valence-corrected chi connectivity index (χ4v) is 7.20. The number of fused-ring (bicyclic) bond motifs is 2. The predicted molar refractivity (Wildman–Crippen MR) is 192 cm³/mol. The lowest BCUT2D eigenvalue weighted by molar-refractivity contribution is -0.141. The Morgan fingerprint density at radius 2 is 1.44 bits per heavy atom. The van der Waals surface area contributed by atoms with Crippen molar-refractivity contribution in [2.75, 3.05) is 11.9 Å². The largest absolute Gasteiger partial charge is 0.508 e. The van der Waals surface area contributed by atoms with Crippen LogP contribution in [0, 0.1) is 6.92 Å². The molecule has 5 aromatic rings.